The maximum Gasteiger partial charge on any atom is 0.417 e. The lowest BCUT2D eigenvalue weighted by Crippen LogP contribution is -2.39. The number of hydrogen-bond donors (Lipinski definition) is 0. The lowest BCUT2D eigenvalue weighted by molar-refractivity contribution is 0.0574. The minimum absolute atomic E-state index is 0.0652. The van der Waals surface area contributed by atoms with Crippen molar-refractivity contribution in [3.8, 4) is 5.75 Å². The lowest BCUT2D eigenvalue weighted by atomic mass is 10.0. The maximum absolute atomic E-state index is 15.0. The Kier molecular flexibility index (Phi) is 6.20. The molecule has 1 fully saturated rings. The fourth-order valence-electron chi connectivity index (χ4n) is 4.43. The second-order valence-electron chi connectivity index (χ2n) is 9.76. The van der Waals surface area contributed by atoms with Crippen molar-refractivity contribution >= 4 is 35.1 Å². The Balaban J connectivity index is 1.58. The predicted molar refractivity (Wildman–Crippen MR) is 133 cm³/mol. The van der Waals surface area contributed by atoms with Crippen LogP contribution in [0.4, 0.5) is 20.8 Å². The molecule has 0 saturated carbocycles. The summed E-state index contributed by atoms with van der Waals surface area (Å²) in [5, 5.41) is 8.91. The third-order valence-electron chi connectivity index (χ3n) is 5.99. The molecule has 35 heavy (non-hydrogen) atoms. The van der Waals surface area contributed by atoms with Crippen LogP contribution in [0.5, 0.6) is 5.75 Å². The van der Waals surface area contributed by atoms with Crippen LogP contribution in [0.2, 0.25) is 0 Å². The van der Waals surface area contributed by atoms with Gasteiger partial charge in [-0.25, -0.2) is 23.5 Å². The van der Waals surface area contributed by atoms with Gasteiger partial charge in [-0.15, -0.1) is 10.2 Å². The van der Waals surface area contributed by atoms with Gasteiger partial charge >= 0.3 is 6.09 Å². The van der Waals surface area contributed by atoms with Gasteiger partial charge in [-0.3, -0.25) is 0 Å². The van der Waals surface area contributed by atoms with Gasteiger partial charge in [0.2, 0.25) is 5.95 Å². The number of rotatable bonds is 4. The van der Waals surface area contributed by atoms with Crippen LogP contribution < -0.4 is 14.5 Å². The van der Waals surface area contributed by atoms with Crippen LogP contribution in [0.1, 0.15) is 38.8 Å². The van der Waals surface area contributed by atoms with Crippen LogP contribution in [-0.4, -0.2) is 62.0 Å². The number of ether oxygens (including phenoxy) is 2. The monoisotopic (exact) mass is 500 g/mol. The SMILES string of the molecule is CC1CN(c2cnc(N(Cc3c(F)ccc4c3CCO4)C(=O)OC(C)(C)C)n3cnnc23)CCS1. The van der Waals surface area contributed by atoms with Crippen molar-refractivity contribution in [1.29, 1.82) is 0 Å². The molecule has 1 atom stereocenters. The summed E-state index contributed by atoms with van der Waals surface area (Å²) in [4.78, 5) is 21.7. The third-order valence-corrected chi connectivity index (χ3v) is 7.12. The van der Waals surface area contributed by atoms with Crippen LogP contribution in [0.15, 0.2) is 24.7 Å². The highest BCUT2D eigenvalue weighted by Gasteiger charge is 2.31. The zero-order chi connectivity index (χ0) is 24.7. The largest absolute Gasteiger partial charge is 0.493 e. The van der Waals surface area contributed by atoms with E-state index in [9.17, 15) is 4.79 Å². The average molecular weight is 501 g/mol. The number of carbonyl (C=O) groups is 1. The van der Waals surface area contributed by atoms with E-state index in [1.807, 2.05) is 11.8 Å². The van der Waals surface area contributed by atoms with Crippen molar-refractivity contribution < 1.29 is 18.7 Å². The molecule has 0 N–H and O–H groups in total. The number of halogens is 1. The highest BCUT2D eigenvalue weighted by Crippen LogP contribution is 2.33. The molecule has 1 unspecified atom stereocenters. The number of fused-ring (bicyclic) bond motifs is 2. The molecular formula is C24H29FN6O3S. The number of nitrogens with zero attached hydrogens (tertiary/aromatic N) is 6. The molecule has 0 aliphatic carbocycles. The molecular weight excluding hydrogens is 471 g/mol. The second kappa shape index (κ2) is 9.18. The quantitative estimate of drug-likeness (QED) is 0.530. The first-order valence-electron chi connectivity index (χ1n) is 11.7. The molecule has 0 bridgehead atoms. The van der Waals surface area contributed by atoms with E-state index in [1.165, 1.54) is 17.3 Å². The van der Waals surface area contributed by atoms with E-state index in [4.69, 9.17) is 9.47 Å². The third kappa shape index (κ3) is 4.73. The molecule has 11 heteroatoms. The Labute approximate surface area is 207 Å². The van der Waals surface area contributed by atoms with E-state index < -0.39 is 17.5 Å². The summed E-state index contributed by atoms with van der Waals surface area (Å²) < 4.78 is 28.0. The number of thioether (sulfide) groups is 1. The van der Waals surface area contributed by atoms with Gasteiger partial charge in [0.25, 0.3) is 0 Å². The Morgan fingerprint density at radius 3 is 2.97 bits per heavy atom. The van der Waals surface area contributed by atoms with E-state index >= 15 is 4.39 Å². The molecule has 1 amide bonds. The standard InChI is InChI=1S/C24H29FN6O3S/c1-15-12-29(8-10-35-15)19-11-26-22(31-14-27-28-21(19)31)30(23(32)34-24(2,3)4)13-17-16-7-9-33-20(16)6-5-18(17)25/h5-6,11,14-15H,7-10,12-13H2,1-4H3. The van der Waals surface area contributed by atoms with Crippen LogP contribution in [0.3, 0.4) is 0 Å². The Hall–Kier alpha value is -3.08. The Morgan fingerprint density at radius 2 is 2.20 bits per heavy atom. The van der Waals surface area contributed by atoms with Gasteiger partial charge in [0.05, 0.1) is 19.3 Å². The predicted octanol–water partition coefficient (Wildman–Crippen LogP) is 4.08. The number of hydrogen-bond acceptors (Lipinski definition) is 8. The molecule has 0 spiro atoms. The highest BCUT2D eigenvalue weighted by atomic mass is 32.2. The summed E-state index contributed by atoms with van der Waals surface area (Å²) in [7, 11) is 0. The minimum atomic E-state index is -0.747. The van der Waals surface area contributed by atoms with Gasteiger partial charge in [0, 0.05) is 41.6 Å². The molecule has 4 heterocycles. The molecule has 3 aromatic rings. The van der Waals surface area contributed by atoms with Gasteiger partial charge in [0.15, 0.2) is 5.65 Å². The van der Waals surface area contributed by atoms with Gasteiger partial charge in [-0.05, 0) is 32.9 Å². The van der Waals surface area contributed by atoms with Crippen molar-refractivity contribution in [1.82, 2.24) is 19.6 Å². The summed E-state index contributed by atoms with van der Waals surface area (Å²) in [5.74, 6) is 1.51. The molecule has 1 saturated heterocycles. The summed E-state index contributed by atoms with van der Waals surface area (Å²) in [5.41, 5.74) is 1.84. The summed E-state index contributed by atoms with van der Waals surface area (Å²) in [6, 6.07) is 3.00. The fourth-order valence-corrected chi connectivity index (χ4v) is 5.45. The van der Waals surface area contributed by atoms with Crippen molar-refractivity contribution in [3.63, 3.8) is 0 Å². The van der Waals surface area contributed by atoms with Crippen molar-refractivity contribution in [3.05, 3.63) is 41.6 Å². The molecule has 2 aliphatic heterocycles. The average Bonchev–Trinajstić information content (AvgIpc) is 3.47. The smallest absolute Gasteiger partial charge is 0.417 e. The first kappa shape index (κ1) is 23.7. The maximum atomic E-state index is 15.0. The van der Waals surface area contributed by atoms with Crippen LogP contribution in [0.25, 0.3) is 5.65 Å². The van der Waals surface area contributed by atoms with Crippen LogP contribution in [0, 0.1) is 5.82 Å². The van der Waals surface area contributed by atoms with Crippen molar-refractivity contribution in [2.24, 2.45) is 0 Å². The molecule has 9 nitrogen and oxygen atoms in total. The molecule has 0 radical (unpaired) electrons. The zero-order valence-electron chi connectivity index (χ0n) is 20.3. The highest BCUT2D eigenvalue weighted by molar-refractivity contribution is 8.00. The van der Waals surface area contributed by atoms with E-state index in [1.54, 1.807) is 37.4 Å². The van der Waals surface area contributed by atoms with Crippen LogP contribution >= 0.6 is 11.8 Å². The fraction of sp³-hybridized carbons (Fsp3) is 0.500. The normalized spacial score (nSPS) is 17.9. The Bertz CT molecular complexity index is 1260. The number of amides is 1. The first-order chi connectivity index (χ1) is 16.7. The first-order valence-corrected chi connectivity index (χ1v) is 12.7. The van der Waals surface area contributed by atoms with E-state index in [0.29, 0.717) is 35.2 Å². The van der Waals surface area contributed by atoms with Gasteiger partial charge in [-0.1, -0.05) is 6.92 Å². The number of anilines is 2. The molecule has 2 aliphatic rings. The number of carbonyl (C=O) groups excluding carboxylic acids is 1. The van der Waals surface area contributed by atoms with Gasteiger partial charge in [0.1, 0.15) is 29.2 Å². The topological polar surface area (TPSA) is 85.1 Å². The van der Waals surface area contributed by atoms with Gasteiger partial charge < -0.3 is 14.4 Å². The second-order valence-corrected chi connectivity index (χ2v) is 11.3. The van der Waals surface area contributed by atoms with E-state index in [-0.39, 0.29) is 12.5 Å². The zero-order valence-corrected chi connectivity index (χ0v) is 21.1. The summed E-state index contributed by atoms with van der Waals surface area (Å²) >= 11 is 1.93. The molecule has 186 valence electrons. The minimum Gasteiger partial charge on any atom is -0.493 e. The van der Waals surface area contributed by atoms with E-state index in [2.05, 4.69) is 27.0 Å². The summed E-state index contributed by atoms with van der Waals surface area (Å²) in [6.07, 6.45) is 3.18. The van der Waals surface area contributed by atoms with Crippen LogP contribution in [-0.2, 0) is 17.7 Å². The molecule has 5 rings (SSSR count). The lowest BCUT2D eigenvalue weighted by Gasteiger charge is -2.32. The number of aromatic nitrogens is 4. The number of benzene rings is 1. The van der Waals surface area contributed by atoms with Crippen molar-refractivity contribution in [2.75, 3.05) is 35.2 Å². The van der Waals surface area contributed by atoms with Crippen molar-refractivity contribution in [2.45, 2.75) is 51.5 Å². The molecule has 1 aromatic carbocycles. The molecule has 2 aromatic heterocycles. The van der Waals surface area contributed by atoms with E-state index in [0.717, 1.165) is 30.1 Å². The Morgan fingerprint density at radius 1 is 1.37 bits per heavy atom. The van der Waals surface area contributed by atoms with Gasteiger partial charge in [-0.2, -0.15) is 11.8 Å². The summed E-state index contributed by atoms with van der Waals surface area (Å²) in [6.45, 7) is 9.72.